The van der Waals surface area contributed by atoms with Crippen molar-refractivity contribution in [2.45, 2.75) is 26.4 Å². The number of benzene rings is 2. The second-order valence-corrected chi connectivity index (χ2v) is 6.20. The fourth-order valence-electron chi connectivity index (χ4n) is 2.57. The van der Waals surface area contributed by atoms with Gasteiger partial charge in [0.2, 0.25) is 0 Å². The maximum atomic E-state index is 5.40. The van der Waals surface area contributed by atoms with Crippen molar-refractivity contribution in [3.05, 3.63) is 59.7 Å². The second kappa shape index (κ2) is 14.9. The summed E-state index contributed by atoms with van der Waals surface area (Å²) < 4.78 is 15.9. The van der Waals surface area contributed by atoms with Gasteiger partial charge in [-0.1, -0.05) is 24.3 Å². The normalized spacial score (nSPS) is 10.8. The Morgan fingerprint density at radius 1 is 0.931 bits per heavy atom. The van der Waals surface area contributed by atoms with Gasteiger partial charge in [-0.05, 0) is 48.7 Å². The number of methoxy groups -OCH3 is 2. The number of nitrogens with one attached hydrogen (secondary N) is 2. The minimum Gasteiger partial charge on any atom is -0.497 e. The zero-order chi connectivity index (χ0) is 20.0. The molecule has 2 rings (SSSR count). The molecule has 0 amide bonds. The average Bonchev–Trinajstić information content (AvgIpc) is 2.75. The highest BCUT2D eigenvalue weighted by atomic mass is 127. The van der Waals surface area contributed by atoms with Crippen molar-refractivity contribution in [1.29, 1.82) is 0 Å². The fraction of sp³-hybridized carbons (Fsp3) is 0.409. The molecular formula is C22H32IN3O3. The van der Waals surface area contributed by atoms with E-state index in [-0.39, 0.29) is 24.0 Å². The van der Waals surface area contributed by atoms with Gasteiger partial charge in [0.25, 0.3) is 0 Å². The SMILES string of the molecule is CCOCCCNC(=NCc1cccc(OC)c1)NCc1ccc(OC)cc1.I. The lowest BCUT2D eigenvalue weighted by molar-refractivity contribution is 0.145. The largest absolute Gasteiger partial charge is 0.497 e. The van der Waals surface area contributed by atoms with Crippen LogP contribution >= 0.6 is 24.0 Å². The Labute approximate surface area is 191 Å². The lowest BCUT2D eigenvalue weighted by atomic mass is 10.2. The zero-order valence-corrected chi connectivity index (χ0v) is 19.8. The molecule has 6 nitrogen and oxygen atoms in total. The van der Waals surface area contributed by atoms with Crippen LogP contribution < -0.4 is 20.1 Å². The highest BCUT2D eigenvalue weighted by molar-refractivity contribution is 14.0. The minimum absolute atomic E-state index is 0. The first-order valence-corrected chi connectivity index (χ1v) is 9.61. The van der Waals surface area contributed by atoms with Gasteiger partial charge in [0.1, 0.15) is 11.5 Å². The topological polar surface area (TPSA) is 64.1 Å². The Bertz CT molecular complexity index is 723. The average molecular weight is 513 g/mol. The molecule has 0 aliphatic rings. The van der Waals surface area contributed by atoms with E-state index in [1.54, 1.807) is 14.2 Å². The molecule has 0 aromatic heterocycles. The first kappa shape index (κ1) is 25.0. The van der Waals surface area contributed by atoms with Crippen LogP contribution in [0.15, 0.2) is 53.5 Å². The van der Waals surface area contributed by atoms with Gasteiger partial charge >= 0.3 is 0 Å². The van der Waals surface area contributed by atoms with Crippen LogP contribution in [-0.2, 0) is 17.8 Å². The second-order valence-electron chi connectivity index (χ2n) is 6.20. The van der Waals surface area contributed by atoms with Gasteiger partial charge in [0.05, 0.1) is 20.8 Å². The molecule has 0 saturated carbocycles. The Balaban J connectivity index is 0.00000420. The fourth-order valence-corrected chi connectivity index (χ4v) is 2.57. The van der Waals surface area contributed by atoms with Crippen LogP contribution in [0.2, 0.25) is 0 Å². The number of nitrogens with zero attached hydrogens (tertiary/aromatic N) is 1. The third-order valence-corrected chi connectivity index (χ3v) is 4.13. The number of halogens is 1. The van der Waals surface area contributed by atoms with Gasteiger partial charge in [-0.15, -0.1) is 24.0 Å². The summed E-state index contributed by atoms with van der Waals surface area (Å²) in [5.41, 5.74) is 2.25. The quantitative estimate of drug-likeness (QED) is 0.206. The van der Waals surface area contributed by atoms with Crippen LogP contribution in [0.5, 0.6) is 11.5 Å². The van der Waals surface area contributed by atoms with Gasteiger partial charge in [0.15, 0.2) is 5.96 Å². The molecule has 29 heavy (non-hydrogen) atoms. The lowest BCUT2D eigenvalue weighted by Crippen LogP contribution is -2.37. The van der Waals surface area contributed by atoms with Crippen LogP contribution in [-0.4, -0.2) is 39.9 Å². The standard InChI is InChI=1S/C22H31N3O3.HI/c1-4-28-14-6-13-23-22(24-16-18-9-11-20(26-2)12-10-18)25-17-19-7-5-8-21(15-19)27-3;/h5,7-12,15H,4,6,13-14,16-17H2,1-3H3,(H2,23,24,25);1H. The zero-order valence-electron chi connectivity index (χ0n) is 17.4. The number of guanidine groups is 1. The van der Waals surface area contributed by atoms with E-state index in [0.29, 0.717) is 13.1 Å². The van der Waals surface area contributed by atoms with E-state index in [0.717, 1.165) is 54.8 Å². The summed E-state index contributed by atoms with van der Waals surface area (Å²) in [6, 6.07) is 16.0. The molecule has 0 radical (unpaired) electrons. The van der Waals surface area contributed by atoms with Crippen LogP contribution in [0.1, 0.15) is 24.5 Å². The third-order valence-electron chi connectivity index (χ3n) is 4.13. The van der Waals surface area contributed by atoms with E-state index < -0.39 is 0 Å². The van der Waals surface area contributed by atoms with Crippen LogP contribution in [0.4, 0.5) is 0 Å². The smallest absolute Gasteiger partial charge is 0.191 e. The van der Waals surface area contributed by atoms with Crippen molar-refractivity contribution >= 4 is 29.9 Å². The summed E-state index contributed by atoms with van der Waals surface area (Å²) in [4.78, 5) is 4.71. The Morgan fingerprint density at radius 2 is 1.69 bits per heavy atom. The molecule has 7 heteroatoms. The molecule has 0 spiro atoms. The van der Waals surface area contributed by atoms with Crippen molar-refractivity contribution in [2.24, 2.45) is 4.99 Å². The maximum absolute atomic E-state index is 5.40. The molecule has 0 bridgehead atoms. The molecule has 2 aromatic carbocycles. The Hall–Kier alpha value is -2.00. The molecule has 0 aliphatic carbocycles. The minimum atomic E-state index is 0. The molecular weight excluding hydrogens is 481 g/mol. The number of aliphatic imine (C=N–C) groups is 1. The van der Waals surface area contributed by atoms with Crippen molar-refractivity contribution in [1.82, 2.24) is 10.6 Å². The molecule has 2 aromatic rings. The maximum Gasteiger partial charge on any atom is 0.191 e. The van der Waals surface area contributed by atoms with Gasteiger partial charge in [0, 0.05) is 26.3 Å². The third kappa shape index (κ3) is 9.85. The van der Waals surface area contributed by atoms with E-state index in [1.165, 1.54) is 0 Å². The highest BCUT2D eigenvalue weighted by Crippen LogP contribution is 2.13. The van der Waals surface area contributed by atoms with Gasteiger partial charge in [-0.2, -0.15) is 0 Å². The molecule has 0 aliphatic heterocycles. The van der Waals surface area contributed by atoms with Gasteiger partial charge in [-0.25, -0.2) is 4.99 Å². The van der Waals surface area contributed by atoms with E-state index in [2.05, 4.69) is 10.6 Å². The molecule has 0 unspecified atom stereocenters. The predicted octanol–water partition coefficient (Wildman–Crippen LogP) is 3.98. The highest BCUT2D eigenvalue weighted by Gasteiger charge is 2.02. The van der Waals surface area contributed by atoms with Gasteiger partial charge in [-0.3, -0.25) is 0 Å². The van der Waals surface area contributed by atoms with Crippen LogP contribution in [0.3, 0.4) is 0 Å². The molecule has 2 N–H and O–H groups in total. The van der Waals surface area contributed by atoms with Crippen molar-refractivity contribution in [2.75, 3.05) is 34.0 Å². The Kier molecular flexibility index (Phi) is 12.9. The summed E-state index contributed by atoms with van der Waals surface area (Å²) in [6.45, 7) is 5.54. The van der Waals surface area contributed by atoms with Crippen molar-refractivity contribution < 1.29 is 14.2 Å². The molecule has 0 fully saturated rings. The van der Waals surface area contributed by atoms with E-state index >= 15 is 0 Å². The van der Waals surface area contributed by atoms with E-state index in [4.69, 9.17) is 19.2 Å². The number of ether oxygens (including phenoxy) is 3. The molecule has 160 valence electrons. The van der Waals surface area contributed by atoms with E-state index in [9.17, 15) is 0 Å². The summed E-state index contributed by atoms with van der Waals surface area (Å²) in [7, 11) is 3.34. The number of hydrogen-bond acceptors (Lipinski definition) is 4. The first-order valence-electron chi connectivity index (χ1n) is 9.61. The Morgan fingerprint density at radius 3 is 2.38 bits per heavy atom. The summed E-state index contributed by atoms with van der Waals surface area (Å²) >= 11 is 0. The first-order chi connectivity index (χ1) is 13.7. The molecule has 0 saturated heterocycles. The number of hydrogen-bond donors (Lipinski definition) is 2. The number of rotatable bonds is 11. The summed E-state index contributed by atoms with van der Waals surface area (Å²) in [6.07, 6.45) is 0.927. The summed E-state index contributed by atoms with van der Waals surface area (Å²) in [5, 5.41) is 6.76. The van der Waals surface area contributed by atoms with E-state index in [1.807, 2.05) is 55.5 Å². The van der Waals surface area contributed by atoms with Gasteiger partial charge < -0.3 is 24.8 Å². The summed E-state index contributed by atoms with van der Waals surface area (Å²) in [5.74, 6) is 2.46. The molecule has 0 atom stereocenters. The lowest BCUT2D eigenvalue weighted by Gasteiger charge is -2.13. The monoisotopic (exact) mass is 513 g/mol. The molecule has 0 heterocycles. The van der Waals surface area contributed by atoms with Crippen molar-refractivity contribution in [3.63, 3.8) is 0 Å². The van der Waals surface area contributed by atoms with Crippen LogP contribution in [0.25, 0.3) is 0 Å². The van der Waals surface area contributed by atoms with Crippen LogP contribution in [0, 0.1) is 0 Å². The predicted molar refractivity (Wildman–Crippen MR) is 128 cm³/mol. The van der Waals surface area contributed by atoms with Crippen molar-refractivity contribution in [3.8, 4) is 11.5 Å².